The lowest BCUT2D eigenvalue weighted by Crippen LogP contribution is -2.33. The largest absolute Gasteiger partial charge is 0.383 e. The number of amides is 2. The molecule has 1 aliphatic carbocycles. The predicted octanol–water partition coefficient (Wildman–Crippen LogP) is 5.23. The fourth-order valence-corrected chi connectivity index (χ4v) is 3.64. The highest BCUT2D eigenvalue weighted by molar-refractivity contribution is 5.92. The van der Waals surface area contributed by atoms with Crippen molar-refractivity contribution in [3.63, 3.8) is 0 Å². The topological polar surface area (TPSA) is 109 Å². The van der Waals surface area contributed by atoms with Crippen molar-refractivity contribution in [1.82, 2.24) is 19.6 Å². The number of carbonyl (C=O) groups is 1. The van der Waals surface area contributed by atoms with Crippen LogP contribution in [0.5, 0.6) is 0 Å². The van der Waals surface area contributed by atoms with Gasteiger partial charge in [-0.05, 0) is 56.5 Å². The minimum Gasteiger partial charge on any atom is -0.383 e. The molecule has 0 unspecified atom stereocenters. The SMILES string of the molecule is CCn1cc(C#Cc2cc(NC(=O)N(O)C3CC3)c(F)cc2C)c2c(N)ncnc21.Fc1cccc(F)c1. The van der Waals surface area contributed by atoms with E-state index >= 15 is 0 Å². The van der Waals surface area contributed by atoms with Crippen molar-refractivity contribution in [3.8, 4) is 11.8 Å². The summed E-state index contributed by atoms with van der Waals surface area (Å²) >= 11 is 0. The molecule has 4 aromatic rings. The van der Waals surface area contributed by atoms with E-state index in [9.17, 15) is 23.2 Å². The minimum absolute atomic E-state index is 0.0477. The van der Waals surface area contributed by atoms with E-state index in [-0.39, 0.29) is 11.7 Å². The third-order valence-corrected chi connectivity index (χ3v) is 5.80. The Morgan fingerprint density at radius 2 is 1.84 bits per heavy atom. The van der Waals surface area contributed by atoms with Crippen LogP contribution in [0, 0.1) is 36.2 Å². The van der Waals surface area contributed by atoms with Gasteiger partial charge in [-0.1, -0.05) is 17.9 Å². The van der Waals surface area contributed by atoms with Gasteiger partial charge in [-0.2, -0.15) is 0 Å². The van der Waals surface area contributed by atoms with Crippen molar-refractivity contribution in [1.29, 1.82) is 0 Å². The molecule has 2 aromatic heterocycles. The van der Waals surface area contributed by atoms with E-state index in [1.165, 1.54) is 36.7 Å². The molecule has 0 saturated heterocycles. The molecule has 0 radical (unpaired) electrons. The molecule has 2 amide bonds. The number of aromatic nitrogens is 3. The number of benzene rings is 2. The summed E-state index contributed by atoms with van der Waals surface area (Å²) in [4.78, 5) is 20.4. The molecule has 4 N–H and O–H groups in total. The van der Waals surface area contributed by atoms with Gasteiger partial charge in [-0.3, -0.25) is 5.21 Å². The Morgan fingerprint density at radius 1 is 1.16 bits per heavy atom. The maximum atomic E-state index is 14.3. The standard InChI is InChI=1S/C21H21FN6O2.C6H4F2/c1-3-27-10-14(18-19(23)24-11-25-20(18)27)5-4-13-9-17(16(22)8-12(13)2)26-21(29)28(30)15-6-7-15;7-5-2-1-3-6(8)4-5/h8-11,15,30H,3,6-7H2,1-2H3,(H,26,29)(H2,23,24,25);1-4H. The monoisotopic (exact) mass is 522 g/mol. The van der Waals surface area contributed by atoms with Crippen LogP contribution in [-0.2, 0) is 6.54 Å². The van der Waals surface area contributed by atoms with Crippen LogP contribution in [0.15, 0.2) is 48.9 Å². The van der Waals surface area contributed by atoms with E-state index in [2.05, 4.69) is 27.1 Å². The molecule has 1 fully saturated rings. The number of carbonyl (C=O) groups excluding carboxylic acids is 1. The number of halogens is 3. The maximum Gasteiger partial charge on any atom is 0.345 e. The van der Waals surface area contributed by atoms with E-state index in [1.54, 1.807) is 6.92 Å². The molecule has 38 heavy (non-hydrogen) atoms. The predicted molar refractivity (Wildman–Crippen MR) is 137 cm³/mol. The number of hydrogen-bond acceptors (Lipinski definition) is 5. The number of nitrogens with zero attached hydrogens (tertiary/aromatic N) is 4. The molecule has 11 heteroatoms. The lowest BCUT2D eigenvalue weighted by molar-refractivity contribution is -0.0451. The molecular weight excluding hydrogens is 497 g/mol. The average molecular weight is 523 g/mol. The zero-order valence-electron chi connectivity index (χ0n) is 20.7. The highest BCUT2D eigenvalue weighted by atomic mass is 19.1. The van der Waals surface area contributed by atoms with Crippen molar-refractivity contribution in [2.24, 2.45) is 0 Å². The Morgan fingerprint density at radius 3 is 2.45 bits per heavy atom. The van der Waals surface area contributed by atoms with E-state index in [0.717, 1.165) is 18.9 Å². The van der Waals surface area contributed by atoms with Gasteiger partial charge in [0.2, 0.25) is 0 Å². The lowest BCUT2D eigenvalue weighted by atomic mass is 10.1. The summed E-state index contributed by atoms with van der Waals surface area (Å²) < 4.78 is 40.1. The Hall–Kier alpha value is -4.56. The first-order chi connectivity index (χ1) is 18.2. The second kappa shape index (κ2) is 11.2. The second-order valence-corrected chi connectivity index (χ2v) is 8.63. The molecule has 1 saturated carbocycles. The minimum atomic E-state index is -0.768. The molecule has 0 atom stereocenters. The molecular formula is C27H25F3N6O2. The van der Waals surface area contributed by atoms with Gasteiger partial charge in [0.05, 0.1) is 22.7 Å². The molecule has 196 valence electrons. The summed E-state index contributed by atoms with van der Waals surface area (Å²) in [7, 11) is 0. The van der Waals surface area contributed by atoms with Gasteiger partial charge in [-0.15, -0.1) is 0 Å². The average Bonchev–Trinajstić information content (AvgIpc) is 3.66. The first kappa shape index (κ1) is 26.5. The van der Waals surface area contributed by atoms with Gasteiger partial charge in [-0.25, -0.2) is 33.0 Å². The molecule has 2 heterocycles. The fraction of sp³-hybridized carbons (Fsp3) is 0.222. The van der Waals surface area contributed by atoms with Gasteiger partial charge in [0, 0.05) is 24.4 Å². The Labute approximate surface area is 216 Å². The first-order valence-electron chi connectivity index (χ1n) is 11.8. The van der Waals surface area contributed by atoms with Crippen LogP contribution in [0.3, 0.4) is 0 Å². The van der Waals surface area contributed by atoms with Crippen LogP contribution in [0.4, 0.5) is 29.5 Å². The van der Waals surface area contributed by atoms with Gasteiger partial charge >= 0.3 is 6.03 Å². The number of nitrogen functional groups attached to an aromatic ring is 1. The number of hydrogen-bond donors (Lipinski definition) is 3. The zero-order chi connectivity index (χ0) is 27.4. The van der Waals surface area contributed by atoms with Crippen LogP contribution < -0.4 is 11.1 Å². The summed E-state index contributed by atoms with van der Waals surface area (Å²) in [6, 6.07) is 6.33. The number of anilines is 2. The van der Waals surface area contributed by atoms with Gasteiger partial charge < -0.3 is 15.6 Å². The maximum absolute atomic E-state index is 14.3. The zero-order valence-corrected chi connectivity index (χ0v) is 20.7. The number of rotatable bonds is 3. The summed E-state index contributed by atoms with van der Waals surface area (Å²) in [5, 5.41) is 13.5. The van der Waals surface area contributed by atoms with Crippen LogP contribution >= 0.6 is 0 Å². The highest BCUT2D eigenvalue weighted by Gasteiger charge is 2.32. The highest BCUT2D eigenvalue weighted by Crippen LogP contribution is 2.27. The molecule has 2 aromatic carbocycles. The molecule has 5 rings (SSSR count). The van der Waals surface area contributed by atoms with Crippen molar-refractivity contribution in [2.45, 2.75) is 39.3 Å². The fourth-order valence-electron chi connectivity index (χ4n) is 3.64. The number of urea groups is 1. The van der Waals surface area contributed by atoms with Crippen LogP contribution in [0.1, 0.15) is 36.5 Å². The first-order valence-corrected chi connectivity index (χ1v) is 11.8. The summed E-state index contributed by atoms with van der Waals surface area (Å²) in [5.41, 5.74) is 8.48. The second-order valence-electron chi connectivity index (χ2n) is 8.63. The summed E-state index contributed by atoms with van der Waals surface area (Å²) in [5.74, 6) is 4.75. The van der Waals surface area contributed by atoms with E-state index in [4.69, 9.17) is 5.73 Å². The van der Waals surface area contributed by atoms with E-state index < -0.39 is 23.5 Å². The van der Waals surface area contributed by atoms with Gasteiger partial charge in [0.25, 0.3) is 0 Å². The van der Waals surface area contributed by atoms with Crippen molar-refractivity contribution >= 4 is 28.6 Å². The van der Waals surface area contributed by atoms with Gasteiger partial charge in [0.1, 0.15) is 35.2 Å². The van der Waals surface area contributed by atoms with Crippen molar-refractivity contribution in [2.75, 3.05) is 11.1 Å². The summed E-state index contributed by atoms with van der Waals surface area (Å²) in [6.07, 6.45) is 4.72. The molecule has 0 spiro atoms. The molecule has 0 aliphatic heterocycles. The van der Waals surface area contributed by atoms with Crippen LogP contribution in [-0.4, -0.2) is 36.9 Å². The lowest BCUT2D eigenvalue weighted by Gasteiger charge is -2.15. The Bertz CT molecular complexity index is 1540. The van der Waals surface area contributed by atoms with E-state index in [1.807, 2.05) is 17.7 Å². The molecule has 8 nitrogen and oxygen atoms in total. The molecule has 0 bridgehead atoms. The van der Waals surface area contributed by atoms with Crippen molar-refractivity contribution in [3.05, 3.63) is 83.1 Å². The third-order valence-electron chi connectivity index (χ3n) is 5.80. The number of fused-ring (bicyclic) bond motifs is 1. The van der Waals surface area contributed by atoms with Crippen molar-refractivity contribution < 1.29 is 23.2 Å². The number of nitrogens with two attached hydrogens (primary N) is 1. The quantitative estimate of drug-likeness (QED) is 0.194. The molecule has 1 aliphatic rings. The van der Waals surface area contributed by atoms with Gasteiger partial charge in [0.15, 0.2) is 0 Å². The van der Waals surface area contributed by atoms with Crippen LogP contribution in [0.25, 0.3) is 11.0 Å². The number of hydroxylamine groups is 2. The third kappa shape index (κ3) is 6.04. The van der Waals surface area contributed by atoms with Crippen LogP contribution in [0.2, 0.25) is 0 Å². The Balaban J connectivity index is 0.000000360. The number of nitrogens with one attached hydrogen (secondary N) is 1. The smallest absolute Gasteiger partial charge is 0.345 e. The van der Waals surface area contributed by atoms with E-state index in [0.29, 0.717) is 45.1 Å². The summed E-state index contributed by atoms with van der Waals surface area (Å²) in [6.45, 7) is 4.41. The number of aryl methyl sites for hydroxylation is 2. The Kier molecular flexibility index (Phi) is 7.83. The normalized spacial score (nSPS) is 12.3.